The van der Waals surface area contributed by atoms with E-state index in [0.717, 1.165) is 18.5 Å². The van der Waals surface area contributed by atoms with Crippen LogP contribution in [0.4, 0.5) is 18.9 Å². The summed E-state index contributed by atoms with van der Waals surface area (Å²) >= 11 is 0. The van der Waals surface area contributed by atoms with Gasteiger partial charge < -0.3 is 10.2 Å². The molecule has 0 aromatic heterocycles. The van der Waals surface area contributed by atoms with Crippen molar-refractivity contribution in [2.24, 2.45) is 0 Å². The number of halogens is 3. The van der Waals surface area contributed by atoms with Gasteiger partial charge in [-0.05, 0) is 44.5 Å². The molecule has 1 atom stereocenters. The summed E-state index contributed by atoms with van der Waals surface area (Å²) < 4.78 is 38.0. The number of benzene rings is 1. The zero-order valence-electron chi connectivity index (χ0n) is 13.2. The predicted octanol–water partition coefficient (Wildman–Crippen LogP) is 4.52. The molecule has 0 bridgehead atoms. The molecule has 0 saturated carbocycles. The Bertz CT molecular complexity index is 413. The van der Waals surface area contributed by atoms with Crippen LogP contribution in [0.25, 0.3) is 0 Å². The van der Waals surface area contributed by atoms with Gasteiger partial charge in [-0.3, -0.25) is 0 Å². The highest BCUT2D eigenvalue weighted by atomic mass is 19.4. The second-order valence-electron chi connectivity index (χ2n) is 5.45. The van der Waals surface area contributed by atoms with Crippen LogP contribution in [0.15, 0.2) is 24.3 Å². The number of hydrogen-bond acceptors (Lipinski definition) is 2. The Balaban J connectivity index is 2.92. The second kappa shape index (κ2) is 7.69. The largest absolute Gasteiger partial charge is 0.405 e. The molecule has 0 aliphatic carbocycles. The molecule has 0 aliphatic heterocycles. The van der Waals surface area contributed by atoms with Gasteiger partial charge in [0.1, 0.15) is 6.54 Å². The molecule has 0 saturated heterocycles. The molecule has 1 unspecified atom stereocenters. The SMILES string of the molecule is CCNC(CC)c1ccc(N(CC(F)(F)F)C(C)C)cc1. The molecule has 120 valence electrons. The standard InChI is InChI=1S/C16H25F3N2/c1-5-15(20-6-2)13-7-9-14(10-8-13)21(12(3)4)11-16(17,18)19/h7-10,12,15,20H,5-6,11H2,1-4H3. The van der Waals surface area contributed by atoms with E-state index in [1.165, 1.54) is 4.90 Å². The second-order valence-corrected chi connectivity index (χ2v) is 5.45. The Kier molecular flexibility index (Phi) is 6.52. The third-order valence-electron chi connectivity index (χ3n) is 3.46. The van der Waals surface area contributed by atoms with Gasteiger partial charge in [-0.2, -0.15) is 13.2 Å². The minimum absolute atomic E-state index is 0.201. The number of alkyl halides is 3. The highest BCUT2D eigenvalue weighted by Gasteiger charge is 2.32. The number of nitrogens with zero attached hydrogens (tertiary/aromatic N) is 1. The lowest BCUT2D eigenvalue weighted by Crippen LogP contribution is -2.39. The quantitative estimate of drug-likeness (QED) is 0.796. The smallest absolute Gasteiger partial charge is 0.360 e. The van der Waals surface area contributed by atoms with Crippen molar-refractivity contribution in [3.63, 3.8) is 0 Å². The van der Waals surface area contributed by atoms with E-state index in [0.29, 0.717) is 5.69 Å². The first-order valence-electron chi connectivity index (χ1n) is 7.45. The van der Waals surface area contributed by atoms with E-state index in [1.54, 1.807) is 26.0 Å². The number of hydrogen-bond donors (Lipinski definition) is 1. The van der Waals surface area contributed by atoms with Crippen LogP contribution >= 0.6 is 0 Å². The van der Waals surface area contributed by atoms with Crippen molar-refractivity contribution in [3.8, 4) is 0 Å². The molecule has 0 fully saturated rings. The van der Waals surface area contributed by atoms with E-state index < -0.39 is 12.7 Å². The molecule has 0 spiro atoms. The maximum atomic E-state index is 12.7. The van der Waals surface area contributed by atoms with Crippen LogP contribution in [-0.2, 0) is 0 Å². The van der Waals surface area contributed by atoms with Crippen molar-refractivity contribution in [1.29, 1.82) is 0 Å². The van der Waals surface area contributed by atoms with Gasteiger partial charge in [0, 0.05) is 17.8 Å². The van der Waals surface area contributed by atoms with E-state index >= 15 is 0 Å². The summed E-state index contributed by atoms with van der Waals surface area (Å²) in [6.07, 6.45) is -3.25. The van der Waals surface area contributed by atoms with E-state index in [9.17, 15) is 13.2 Å². The molecule has 1 rings (SSSR count). The molecule has 2 nitrogen and oxygen atoms in total. The van der Waals surface area contributed by atoms with E-state index in [2.05, 4.69) is 12.2 Å². The van der Waals surface area contributed by atoms with Crippen molar-refractivity contribution < 1.29 is 13.2 Å². The molecular weight excluding hydrogens is 277 g/mol. The van der Waals surface area contributed by atoms with Gasteiger partial charge >= 0.3 is 6.18 Å². The van der Waals surface area contributed by atoms with Gasteiger partial charge in [0.2, 0.25) is 0 Å². The summed E-state index contributed by atoms with van der Waals surface area (Å²) in [6, 6.07) is 7.44. The lowest BCUT2D eigenvalue weighted by molar-refractivity contribution is -0.120. The number of nitrogens with one attached hydrogen (secondary N) is 1. The van der Waals surface area contributed by atoms with Crippen LogP contribution in [0.1, 0.15) is 45.7 Å². The lowest BCUT2D eigenvalue weighted by atomic mass is 10.0. The summed E-state index contributed by atoms with van der Waals surface area (Å²) in [5.74, 6) is 0. The number of rotatable bonds is 7. The fourth-order valence-corrected chi connectivity index (χ4v) is 2.41. The molecule has 0 aliphatic rings. The van der Waals surface area contributed by atoms with E-state index in [4.69, 9.17) is 0 Å². The van der Waals surface area contributed by atoms with E-state index in [1.807, 2.05) is 19.1 Å². The molecule has 1 N–H and O–H groups in total. The van der Waals surface area contributed by atoms with Gasteiger partial charge in [-0.1, -0.05) is 26.0 Å². The Morgan fingerprint density at radius 2 is 1.67 bits per heavy atom. The Hall–Kier alpha value is -1.23. The first kappa shape index (κ1) is 17.8. The summed E-state index contributed by atoms with van der Waals surface area (Å²) in [4.78, 5) is 1.37. The molecule has 0 radical (unpaired) electrons. The van der Waals surface area contributed by atoms with Crippen LogP contribution < -0.4 is 10.2 Å². The fraction of sp³-hybridized carbons (Fsp3) is 0.625. The summed E-state index contributed by atoms with van der Waals surface area (Å²) in [7, 11) is 0. The van der Waals surface area contributed by atoms with Crippen molar-refractivity contribution in [2.75, 3.05) is 18.0 Å². The van der Waals surface area contributed by atoms with Crippen LogP contribution in [0.3, 0.4) is 0 Å². The third kappa shape index (κ3) is 5.58. The minimum Gasteiger partial charge on any atom is -0.360 e. The van der Waals surface area contributed by atoms with Crippen LogP contribution in [0.5, 0.6) is 0 Å². The van der Waals surface area contributed by atoms with Gasteiger partial charge in [-0.15, -0.1) is 0 Å². The summed E-state index contributed by atoms with van der Waals surface area (Å²) in [5.41, 5.74) is 1.72. The monoisotopic (exact) mass is 302 g/mol. The minimum atomic E-state index is -4.20. The van der Waals surface area contributed by atoms with Crippen molar-refractivity contribution in [1.82, 2.24) is 5.32 Å². The van der Waals surface area contributed by atoms with Gasteiger partial charge in [0.25, 0.3) is 0 Å². The normalized spacial score (nSPS) is 13.5. The molecule has 1 aromatic rings. The zero-order chi connectivity index (χ0) is 16.0. The first-order valence-corrected chi connectivity index (χ1v) is 7.45. The zero-order valence-corrected chi connectivity index (χ0v) is 13.2. The highest BCUT2D eigenvalue weighted by molar-refractivity contribution is 5.49. The summed E-state index contributed by atoms with van der Waals surface area (Å²) in [5, 5.41) is 3.36. The predicted molar refractivity (Wildman–Crippen MR) is 81.7 cm³/mol. The van der Waals surface area contributed by atoms with Gasteiger partial charge in [0.05, 0.1) is 0 Å². The molecular formula is C16H25F3N2. The molecule has 0 amide bonds. The average molecular weight is 302 g/mol. The molecule has 5 heteroatoms. The molecule has 1 aromatic carbocycles. The van der Waals surface area contributed by atoms with Gasteiger partial charge in [0.15, 0.2) is 0 Å². The Labute approximate surface area is 125 Å². The van der Waals surface area contributed by atoms with Crippen molar-refractivity contribution in [3.05, 3.63) is 29.8 Å². The highest BCUT2D eigenvalue weighted by Crippen LogP contribution is 2.26. The Morgan fingerprint density at radius 3 is 2.05 bits per heavy atom. The van der Waals surface area contributed by atoms with Gasteiger partial charge in [-0.25, -0.2) is 0 Å². The fourth-order valence-electron chi connectivity index (χ4n) is 2.41. The average Bonchev–Trinajstić information content (AvgIpc) is 2.41. The maximum absolute atomic E-state index is 12.7. The molecule has 21 heavy (non-hydrogen) atoms. The third-order valence-corrected chi connectivity index (χ3v) is 3.46. The topological polar surface area (TPSA) is 15.3 Å². The summed E-state index contributed by atoms with van der Waals surface area (Å²) in [6.45, 7) is 7.62. The first-order chi connectivity index (χ1) is 9.78. The number of anilines is 1. The van der Waals surface area contributed by atoms with Crippen molar-refractivity contribution in [2.45, 2.75) is 52.4 Å². The van der Waals surface area contributed by atoms with Crippen LogP contribution in [0, 0.1) is 0 Å². The lowest BCUT2D eigenvalue weighted by Gasteiger charge is -2.30. The van der Waals surface area contributed by atoms with Crippen LogP contribution in [-0.4, -0.2) is 25.3 Å². The van der Waals surface area contributed by atoms with E-state index in [-0.39, 0.29) is 12.1 Å². The Morgan fingerprint density at radius 1 is 1.10 bits per heavy atom. The maximum Gasteiger partial charge on any atom is 0.405 e. The van der Waals surface area contributed by atoms with Crippen LogP contribution in [0.2, 0.25) is 0 Å². The molecule has 0 heterocycles. The van der Waals surface area contributed by atoms with Crippen molar-refractivity contribution >= 4 is 5.69 Å².